The van der Waals surface area contributed by atoms with Crippen LogP contribution in [-0.4, -0.2) is 59.0 Å². The zero-order valence-electron chi connectivity index (χ0n) is 18.1. The van der Waals surface area contributed by atoms with Crippen LogP contribution in [0.2, 0.25) is 0 Å². The summed E-state index contributed by atoms with van der Waals surface area (Å²) in [6.07, 6.45) is 14.5. The molecule has 7 heteroatoms. The molecule has 2 aliphatic carbocycles. The average Bonchev–Trinajstić information content (AvgIpc) is 3.52. The van der Waals surface area contributed by atoms with Crippen molar-refractivity contribution in [3.63, 3.8) is 0 Å². The van der Waals surface area contributed by atoms with Gasteiger partial charge in [0.25, 0.3) is 0 Å². The summed E-state index contributed by atoms with van der Waals surface area (Å²) in [5.74, 6) is -1.72. The molecule has 0 aromatic carbocycles. The molecule has 2 saturated carbocycles. The van der Waals surface area contributed by atoms with E-state index in [0.29, 0.717) is 0 Å². The quantitative estimate of drug-likeness (QED) is 0.633. The van der Waals surface area contributed by atoms with Crippen molar-refractivity contribution in [2.45, 2.75) is 87.6 Å². The van der Waals surface area contributed by atoms with Gasteiger partial charge in [0.15, 0.2) is 0 Å². The Kier molecular flexibility index (Phi) is 5.40. The van der Waals surface area contributed by atoms with Gasteiger partial charge < -0.3 is 20.3 Å². The lowest BCUT2D eigenvalue weighted by molar-refractivity contribution is -0.141. The van der Waals surface area contributed by atoms with Gasteiger partial charge in [-0.25, -0.2) is 0 Å². The number of hydrogen-bond donors (Lipinski definition) is 2. The third-order valence-electron chi connectivity index (χ3n) is 7.90. The summed E-state index contributed by atoms with van der Waals surface area (Å²) in [6, 6.07) is -0.448. The topological polar surface area (TPSA) is 87.7 Å². The second kappa shape index (κ2) is 8.08. The fourth-order valence-electron chi connectivity index (χ4n) is 6.50. The molecule has 4 fully saturated rings. The van der Waals surface area contributed by atoms with E-state index in [4.69, 9.17) is 4.74 Å². The molecule has 5 aliphatic rings. The molecule has 5 rings (SSSR count). The highest BCUT2D eigenvalue weighted by Gasteiger charge is 2.72. The number of carbonyl (C=O) groups is 3. The van der Waals surface area contributed by atoms with Crippen molar-refractivity contribution in [3.8, 4) is 0 Å². The lowest BCUT2D eigenvalue weighted by Crippen LogP contribution is -2.56. The van der Waals surface area contributed by atoms with Gasteiger partial charge in [0.05, 0.1) is 17.9 Å². The van der Waals surface area contributed by atoms with Gasteiger partial charge in [0.1, 0.15) is 11.6 Å². The number of amides is 3. The number of carbonyl (C=O) groups excluding carboxylic acids is 3. The largest absolute Gasteiger partial charge is 0.359 e. The Hall–Kier alpha value is -2.15. The van der Waals surface area contributed by atoms with Gasteiger partial charge in [-0.2, -0.15) is 0 Å². The van der Waals surface area contributed by atoms with E-state index in [1.165, 1.54) is 6.42 Å². The molecule has 3 aliphatic heterocycles. The molecule has 0 aromatic heterocycles. The minimum absolute atomic E-state index is 0.114. The van der Waals surface area contributed by atoms with Crippen molar-refractivity contribution in [2.75, 3.05) is 6.54 Å². The second-order valence-electron chi connectivity index (χ2n) is 9.81. The molecule has 1 spiro atoms. The molecule has 0 unspecified atom stereocenters. The number of ether oxygens (including phenoxy) is 1. The average molecular weight is 428 g/mol. The highest BCUT2D eigenvalue weighted by atomic mass is 16.5. The van der Waals surface area contributed by atoms with E-state index < -0.39 is 29.6 Å². The van der Waals surface area contributed by atoms with Gasteiger partial charge >= 0.3 is 0 Å². The van der Waals surface area contributed by atoms with Crippen LogP contribution in [0.4, 0.5) is 0 Å². The van der Waals surface area contributed by atoms with E-state index in [1.807, 2.05) is 12.2 Å². The molecule has 3 amide bonds. The fourth-order valence-corrected chi connectivity index (χ4v) is 6.50. The van der Waals surface area contributed by atoms with E-state index >= 15 is 0 Å². The standard InChI is InChI=1S/C24H33N3O4/c1-2-14-27-20(22(29)26-16-10-6-7-11-16)24-13-12-17(31-24)18(19(24)23(27)30)21(28)25-15-8-4-3-5-9-15/h2,12-13,15-20H,1,3-11,14H2,(H,25,28)(H,26,29)/t17-,18-,19+,20-,24+/m1/s1. The van der Waals surface area contributed by atoms with Crippen molar-refractivity contribution in [2.24, 2.45) is 11.8 Å². The molecule has 2 N–H and O–H groups in total. The molecule has 2 bridgehead atoms. The predicted molar refractivity (Wildman–Crippen MR) is 115 cm³/mol. The monoisotopic (exact) mass is 427 g/mol. The van der Waals surface area contributed by atoms with Gasteiger partial charge in [-0.1, -0.05) is 50.3 Å². The Bertz CT molecular complexity index is 799. The highest BCUT2D eigenvalue weighted by molar-refractivity contribution is 6.00. The number of likely N-dealkylation sites (tertiary alicyclic amines) is 1. The van der Waals surface area contributed by atoms with Crippen LogP contribution in [0.25, 0.3) is 0 Å². The zero-order chi connectivity index (χ0) is 21.6. The summed E-state index contributed by atoms with van der Waals surface area (Å²) in [4.78, 5) is 41.8. The Balaban J connectivity index is 1.40. The summed E-state index contributed by atoms with van der Waals surface area (Å²) < 4.78 is 6.32. The van der Waals surface area contributed by atoms with E-state index in [0.717, 1.165) is 51.4 Å². The van der Waals surface area contributed by atoms with Crippen molar-refractivity contribution in [1.29, 1.82) is 0 Å². The first kappa shape index (κ1) is 20.7. The fraction of sp³-hybridized carbons (Fsp3) is 0.708. The van der Waals surface area contributed by atoms with Crippen molar-refractivity contribution in [1.82, 2.24) is 15.5 Å². The zero-order valence-corrected chi connectivity index (χ0v) is 18.1. The molecule has 7 nitrogen and oxygen atoms in total. The first-order chi connectivity index (χ1) is 15.0. The molecule has 5 atom stereocenters. The van der Waals surface area contributed by atoms with E-state index in [9.17, 15) is 14.4 Å². The Morgan fingerprint density at radius 2 is 1.68 bits per heavy atom. The summed E-state index contributed by atoms with van der Waals surface area (Å²) in [5.41, 5.74) is -1.07. The van der Waals surface area contributed by atoms with Gasteiger partial charge in [0.2, 0.25) is 17.7 Å². The lowest BCUT2D eigenvalue weighted by Gasteiger charge is -2.32. The smallest absolute Gasteiger partial charge is 0.246 e. The summed E-state index contributed by atoms with van der Waals surface area (Å²) in [6.45, 7) is 4.04. The van der Waals surface area contributed by atoms with Crippen molar-refractivity contribution in [3.05, 3.63) is 24.8 Å². The maximum atomic E-state index is 13.5. The van der Waals surface area contributed by atoms with Crippen LogP contribution in [0.1, 0.15) is 57.8 Å². The Morgan fingerprint density at radius 1 is 1.06 bits per heavy atom. The molecule has 31 heavy (non-hydrogen) atoms. The number of fused-ring (bicyclic) bond motifs is 1. The summed E-state index contributed by atoms with van der Waals surface area (Å²) >= 11 is 0. The van der Waals surface area contributed by atoms with E-state index in [2.05, 4.69) is 17.2 Å². The first-order valence-corrected chi connectivity index (χ1v) is 11.9. The van der Waals surface area contributed by atoms with Crippen LogP contribution in [0.15, 0.2) is 24.8 Å². The maximum absolute atomic E-state index is 13.5. The van der Waals surface area contributed by atoms with Gasteiger partial charge in [0, 0.05) is 18.6 Å². The maximum Gasteiger partial charge on any atom is 0.246 e. The molecular weight excluding hydrogens is 394 g/mol. The van der Waals surface area contributed by atoms with Crippen LogP contribution >= 0.6 is 0 Å². The van der Waals surface area contributed by atoms with E-state index in [1.54, 1.807) is 11.0 Å². The van der Waals surface area contributed by atoms with Crippen molar-refractivity contribution >= 4 is 17.7 Å². The van der Waals surface area contributed by atoms with Gasteiger partial charge in [-0.3, -0.25) is 14.4 Å². The SMILES string of the molecule is C=CCN1C(=O)[C@@H]2[C@H](C(=O)NC3CCCCC3)[C@H]3C=C[C@@]2(O3)[C@H]1C(=O)NC1CCCC1. The molecule has 2 saturated heterocycles. The number of nitrogens with zero attached hydrogens (tertiary/aromatic N) is 1. The van der Waals surface area contributed by atoms with Crippen molar-refractivity contribution < 1.29 is 19.1 Å². The molecular formula is C24H33N3O4. The third-order valence-corrected chi connectivity index (χ3v) is 7.90. The van der Waals surface area contributed by atoms with Gasteiger partial charge in [-0.15, -0.1) is 6.58 Å². The van der Waals surface area contributed by atoms with E-state index in [-0.39, 0.29) is 36.3 Å². The Morgan fingerprint density at radius 3 is 2.32 bits per heavy atom. The third kappa shape index (κ3) is 3.32. The number of nitrogens with one attached hydrogen (secondary N) is 2. The van der Waals surface area contributed by atoms with Crippen LogP contribution < -0.4 is 10.6 Å². The number of hydrogen-bond acceptors (Lipinski definition) is 4. The minimum Gasteiger partial charge on any atom is -0.359 e. The first-order valence-electron chi connectivity index (χ1n) is 11.9. The minimum atomic E-state index is -1.07. The number of rotatable bonds is 6. The molecule has 0 radical (unpaired) electrons. The van der Waals surface area contributed by atoms with Crippen LogP contribution in [-0.2, 0) is 19.1 Å². The summed E-state index contributed by atoms with van der Waals surface area (Å²) in [5, 5.41) is 6.33. The highest BCUT2D eigenvalue weighted by Crippen LogP contribution is 2.55. The Labute approximate surface area is 183 Å². The van der Waals surface area contributed by atoms with Crippen LogP contribution in [0.5, 0.6) is 0 Å². The summed E-state index contributed by atoms with van der Waals surface area (Å²) in [7, 11) is 0. The normalized spacial score (nSPS) is 37.3. The lowest BCUT2D eigenvalue weighted by atomic mass is 9.74. The van der Waals surface area contributed by atoms with Gasteiger partial charge in [-0.05, 0) is 25.7 Å². The molecule has 3 heterocycles. The molecule has 168 valence electrons. The van der Waals surface area contributed by atoms with Crippen LogP contribution in [0.3, 0.4) is 0 Å². The molecule has 0 aromatic rings. The predicted octanol–water partition coefficient (Wildman–Crippen LogP) is 1.83. The van der Waals surface area contributed by atoms with Crippen LogP contribution in [0, 0.1) is 11.8 Å². The second-order valence-corrected chi connectivity index (χ2v) is 9.81.